The van der Waals surface area contributed by atoms with Crippen LogP contribution in [-0.2, 0) is 33.3 Å². The Morgan fingerprint density at radius 2 is 1.40 bits per heavy atom. The zero-order chi connectivity index (χ0) is 35.4. The Bertz CT molecular complexity index is 1470. The Morgan fingerprint density at radius 3 is 1.96 bits per heavy atom. The zero-order valence-corrected chi connectivity index (χ0v) is 28.3. The van der Waals surface area contributed by atoms with Crippen molar-refractivity contribution in [1.82, 2.24) is 5.32 Å². The number of amides is 1. The molecule has 1 unspecified atom stereocenters. The number of aliphatic hydroxyl groups excluding tert-OH is 1. The van der Waals surface area contributed by atoms with Gasteiger partial charge in [-0.05, 0) is 91.3 Å². The molecular formula is C39H45NO8. The standard InChI is InChI=1S/C39H45NO8/c1-6-8-10-12-14-16-17-18-19-20-21-23-25-27-33(42)29-35(43)40-36-38(45-28-26-24-22-15-13-11-9-7-2)37(47-32(5)41)34(48-39(36)44)30-46-31(3)4/h1,31,34,36-39,44H,7,9,11,13,15,22,24,26-30H2,2-5H3,(H,40,43)/t34-,36-,37-,38-,39?/m1/s1. The number of aliphatic hydroxyl groups is 1. The van der Waals surface area contributed by atoms with E-state index in [9.17, 15) is 19.5 Å². The topological polar surface area (TPSA) is 120 Å². The van der Waals surface area contributed by atoms with Gasteiger partial charge in [-0.25, -0.2) is 0 Å². The summed E-state index contributed by atoms with van der Waals surface area (Å²) in [5, 5.41) is 13.6. The molecule has 48 heavy (non-hydrogen) atoms. The molecule has 0 aromatic rings. The number of hydrogen-bond donors (Lipinski definition) is 2. The number of nitrogens with one attached hydrogen (secondary N) is 1. The van der Waals surface area contributed by atoms with Crippen molar-refractivity contribution in [3.63, 3.8) is 0 Å². The van der Waals surface area contributed by atoms with Gasteiger partial charge >= 0.3 is 5.97 Å². The first-order valence-electron chi connectivity index (χ1n) is 16.2. The van der Waals surface area contributed by atoms with E-state index in [0.717, 1.165) is 25.7 Å². The number of carbonyl (C=O) groups excluding carboxylic acids is 3. The summed E-state index contributed by atoms with van der Waals surface area (Å²) < 4.78 is 23.2. The predicted octanol–water partition coefficient (Wildman–Crippen LogP) is 3.07. The van der Waals surface area contributed by atoms with Crippen LogP contribution in [0.1, 0.15) is 91.9 Å². The molecule has 0 aliphatic carbocycles. The second kappa shape index (κ2) is 26.4. The van der Waals surface area contributed by atoms with Crippen molar-refractivity contribution < 1.29 is 38.4 Å². The van der Waals surface area contributed by atoms with E-state index in [1.54, 1.807) is 0 Å². The molecular weight excluding hydrogens is 610 g/mol. The first-order chi connectivity index (χ1) is 23.2. The second-order valence-corrected chi connectivity index (χ2v) is 11.0. The molecule has 1 fully saturated rings. The van der Waals surface area contributed by atoms with Crippen LogP contribution >= 0.6 is 0 Å². The van der Waals surface area contributed by atoms with Gasteiger partial charge in [0, 0.05) is 13.5 Å². The van der Waals surface area contributed by atoms with E-state index in [0.29, 0.717) is 6.61 Å². The van der Waals surface area contributed by atoms with E-state index < -0.39 is 54.7 Å². The quantitative estimate of drug-likeness (QED) is 0.100. The number of esters is 1. The molecule has 0 spiro atoms. The lowest BCUT2D eigenvalue weighted by Crippen LogP contribution is -2.66. The van der Waals surface area contributed by atoms with Gasteiger partial charge in [-0.15, -0.1) is 6.42 Å². The Labute approximate surface area is 286 Å². The number of rotatable bonds is 18. The summed E-state index contributed by atoms with van der Waals surface area (Å²) in [5.41, 5.74) is 0. The highest BCUT2D eigenvalue weighted by Gasteiger charge is 2.49. The number of ketones is 1. The summed E-state index contributed by atoms with van der Waals surface area (Å²) in [5.74, 6) is 29.9. The van der Waals surface area contributed by atoms with E-state index in [1.807, 2.05) is 13.8 Å². The fourth-order valence-electron chi connectivity index (χ4n) is 4.47. The third kappa shape index (κ3) is 19.8. The van der Waals surface area contributed by atoms with Crippen LogP contribution in [0.15, 0.2) is 0 Å². The van der Waals surface area contributed by atoms with Gasteiger partial charge in [0.1, 0.15) is 18.2 Å². The zero-order valence-electron chi connectivity index (χ0n) is 28.3. The van der Waals surface area contributed by atoms with E-state index in [-0.39, 0.29) is 19.1 Å². The van der Waals surface area contributed by atoms with Gasteiger partial charge in [-0.3, -0.25) is 14.4 Å². The molecule has 0 bridgehead atoms. The summed E-state index contributed by atoms with van der Waals surface area (Å²) in [4.78, 5) is 37.4. The minimum atomic E-state index is -1.50. The van der Waals surface area contributed by atoms with E-state index in [2.05, 4.69) is 89.2 Å². The fourth-order valence-corrected chi connectivity index (χ4v) is 4.47. The van der Waals surface area contributed by atoms with Gasteiger partial charge < -0.3 is 29.4 Å². The van der Waals surface area contributed by atoms with E-state index in [1.165, 1.54) is 32.6 Å². The van der Waals surface area contributed by atoms with Crippen molar-refractivity contribution in [2.75, 3.05) is 13.2 Å². The van der Waals surface area contributed by atoms with Crippen LogP contribution in [0, 0.1) is 83.4 Å². The van der Waals surface area contributed by atoms with Crippen molar-refractivity contribution in [3.8, 4) is 83.4 Å². The molecule has 0 aromatic carbocycles. The van der Waals surface area contributed by atoms with Crippen LogP contribution in [0.5, 0.6) is 0 Å². The highest BCUT2D eigenvalue weighted by Crippen LogP contribution is 2.27. The van der Waals surface area contributed by atoms with Crippen molar-refractivity contribution in [2.24, 2.45) is 0 Å². The Kier molecular flexibility index (Phi) is 22.8. The molecule has 1 rings (SSSR count). The lowest BCUT2D eigenvalue weighted by molar-refractivity contribution is -0.270. The average Bonchev–Trinajstić information content (AvgIpc) is 3.03. The van der Waals surface area contributed by atoms with Crippen molar-refractivity contribution in [3.05, 3.63) is 0 Å². The molecule has 9 heteroatoms. The second-order valence-electron chi connectivity index (χ2n) is 11.0. The molecule has 0 radical (unpaired) electrons. The van der Waals surface area contributed by atoms with Crippen LogP contribution in [0.3, 0.4) is 0 Å². The van der Waals surface area contributed by atoms with Gasteiger partial charge in [0.2, 0.25) is 5.91 Å². The Hall–Kier alpha value is -4.63. The number of hydrogen-bond acceptors (Lipinski definition) is 8. The largest absolute Gasteiger partial charge is 0.457 e. The molecule has 1 amide bonds. The van der Waals surface area contributed by atoms with Gasteiger partial charge in [0.25, 0.3) is 0 Å². The lowest BCUT2D eigenvalue weighted by atomic mass is 9.95. The van der Waals surface area contributed by atoms with Crippen molar-refractivity contribution >= 4 is 17.7 Å². The highest BCUT2D eigenvalue weighted by atomic mass is 16.7. The molecule has 9 nitrogen and oxygen atoms in total. The molecule has 1 aliphatic rings. The number of terminal acetylenes is 1. The molecule has 5 atom stereocenters. The van der Waals surface area contributed by atoms with Crippen molar-refractivity contribution in [2.45, 2.75) is 129 Å². The molecule has 0 saturated carbocycles. The van der Waals surface area contributed by atoms with Crippen LogP contribution in [0.4, 0.5) is 0 Å². The summed E-state index contributed by atoms with van der Waals surface area (Å²) in [6, 6.07) is -1.11. The van der Waals surface area contributed by atoms with Gasteiger partial charge in [0.15, 0.2) is 18.2 Å². The minimum Gasteiger partial charge on any atom is -0.457 e. The number of unbranched alkanes of at least 4 members (excludes halogenated alkanes) is 7. The minimum absolute atomic E-state index is 0.0298. The van der Waals surface area contributed by atoms with Crippen molar-refractivity contribution in [1.29, 1.82) is 0 Å². The van der Waals surface area contributed by atoms with Crippen LogP contribution in [0.25, 0.3) is 0 Å². The summed E-state index contributed by atoms with van der Waals surface area (Å²) >= 11 is 0. The summed E-state index contributed by atoms with van der Waals surface area (Å²) in [6.07, 6.45) is 8.62. The Morgan fingerprint density at radius 1 is 0.833 bits per heavy atom. The van der Waals surface area contributed by atoms with E-state index in [4.69, 9.17) is 25.4 Å². The van der Waals surface area contributed by atoms with Crippen LogP contribution < -0.4 is 5.32 Å². The molecule has 1 heterocycles. The van der Waals surface area contributed by atoms with Gasteiger partial charge in [0.05, 0.1) is 25.6 Å². The molecule has 2 N–H and O–H groups in total. The van der Waals surface area contributed by atoms with Crippen LogP contribution in [0.2, 0.25) is 0 Å². The average molecular weight is 656 g/mol. The number of Topliss-reactive ketones (excluding diaryl/α,β-unsaturated/α-hetero) is 1. The lowest BCUT2D eigenvalue weighted by Gasteiger charge is -2.44. The number of carbonyl (C=O) groups is 3. The number of ether oxygens (including phenoxy) is 4. The maximum absolute atomic E-state index is 12.9. The SMILES string of the molecule is C#CC#CC#CC#CC#CC#CC#CCC(=O)CC(=O)N[C@H]1C(O)O[C@H](COC(C)C)[C@@H](OC(C)=O)[C@@H]1OCCCCCCCCCC. The summed E-state index contributed by atoms with van der Waals surface area (Å²) in [6.45, 7) is 7.48. The fraction of sp³-hybridized carbons (Fsp3) is 0.564. The predicted molar refractivity (Wildman–Crippen MR) is 182 cm³/mol. The Balaban J connectivity index is 2.84. The third-order valence-corrected chi connectivity index (χ3v) is 6.63. The third-order valence-electron chi connectivity index (χ3n) is 6.63. The maximum Gasteiger partial charge on any atom is 0.303 e. The van der Waals surface area contributed by atoms with Gasteiger partial charge in [-0.2, -0.15) is 0 Å². The monoisotopic (exact) mass is 655 g/mol. The van der Waals surface area contributed by atoms with E-state index >= 15 is 0 Å². The van der Waals surface area contributed by atoms with Gasteiger partial charge in [-0.1, -0.05) is 57.8 Å². The molecule has 1 aliphatic heterocycles. The molecule has 0 aromatic heterocycles. The molecule has 254 valence electrons. The smallest absolute Gasteiger partial charge is 0.303 e. The van der Waals surface area contributed by atoms with Crippen LogP contribution in [-0.4, -0.2) is 72.7 Å². The normalized spacial score (nSPS) is 18.8. The molecule has 1 saturated heterocycles. The maximum atomic E-state index is 12.9. The highest BCUT2D eigenvalue weighted by molar-refractivity contribution is 5.99. The summed E-state index contributed by atoms with van der Waals surface area (Å²) in [7, 11) is 0. The first-order valence-corrected chi connectivity index (χ1v) is 16.2. The first kappa shape index (κ1) is 41.4.